The topological polar surface area (TPSA) is 75.3 Å². The van der Waals surface area contributed by atoms with Crippen molar-refractivity contribution in [3.63, 3.8) is 0 Å². The number of amides is 1. The van der Waals surface area contributed by atoms with E-state index in [2.05, 4.69) is 10.0 Å². The molecule has 21 heavy (non-hydrogen) atoms. The third-order valence-electron chi connectivity index (χ3n) is 3.92. The van der Waals surface area contributed by atoms with Crippen LogP contribution in [0.2, 0.25) is 0 Å². The normalized spacial score (nSPS) is 16.7. The van der Waals surface area contributed by atoms with E-state index in [9.17, 15) is 13.2 Å². The van der Waals surface area contributed by atoms with Gasteiger partial charge in [-0.1, -0.05) is 25.3 Å². The van der Waals surface area contributed by atoms with Gasteiger partial charge in [-0.3, -0.25) is 4.79 Å². The highest BCUT2D eigenvalue weighted by molar-refractivity contribution is 7.89. The molecule has 1 aliphatic carbocycles. The Morgan fingerprint density at radius 1 is 1.19 bits per heavy atom. The molecule has 0 saturated heterocycles. The molecule has 0 spiro atoms. The summed E-state index contributed by atoms with van der Waals surface area (Å²) in [6, 6.07) is 4.67. The average molecular weight is 310 g/mol. The Morgan fingerprint density at radius 3 is 2.48 bits per heavy atom. The quantitative estimate of drug-likeness (QED) is 0.892. The Hall–Kier alpha value is -1.40. The minimum atomic E-state index is -3.57. The maximum Gasteiger partial charge on any atom is 0.251 e. The predicted octanol–water partition coefficient (Wildman–Crippen LogP) is 1.97. The molecule has 1 fully saturated rings. The van der Waals surface area contributed by atoms with Crippen LogP contribution in [0.1, 0.15) is 48.0 Å². The smallest absolute Gasteiger partial charge is 0.251 e. The van der Waals surface area contributed by atoms with Crippen molar-refractivity contribution < 1.29 is 13.2 Å². The second-order valence-corrected chi connectivity index (χ2v) is 7.23. The molecule has 1 aromatic rings. The maximum absolute atomic E-state index is 12.4. The molecular weight excluding hydrogens is 288 g/mol. The lowest BCUT2D eigenvalue weighted by molar-refractivity contribution is 0.0962. The largest absolute Gasteiger partial charge is 0.355 e. The second kappa shape index (κ2) is 6.58. The first-order valence-electron chi connectivity index (χ1n) is 7.29. The Bertz CT molecular complexity index is 620. The van der Waals surface area contributed by atoms with Crippen LogP contribution in [0.4, 0.5) is 0 Å². The number of rotatable bonds is 4. The van der Waals surface area contributed by atoms with E-state index in [1.165, 1.54) is 19.5 Å². The number of hydrogen-bond donors (Lipinski definition) is 2. The summed E-state index contributed by atoms with van der Waals surface area (Å²) in [5, 5.41) is 2.53. The van der Waals surface area contributed by atoms with E-state index < -0.39 is 10.0 Å². The van der Waals surface area contributed by atoms with Crippen molar-refractivity contribution >= 4 is 15.9 Å². The fourth-order valence-corrected chi connectivity index (χ4v) is 3.99. The molecule has 0 atom stereocenters. The van der Waals surface area contributed by atoms with Crippen molar-refractivity contribution in [3.8, 4) is 0 Å². The van der Waals surface area contributed by atoms with Gasteiger partial charge in [0.2, 0.25) is 10.0 Å². The zero-order valence-corrected chi connectivity index (χ0v) is 13.3. The lowest BCUT2D eigenvalue weighted by atomic mass is 9.96. The number of nitrogens with one attached hydrogen (secondary N) is 2. The van der Waals surface area contributed by atoms with E-state index >= 15 is 0 Å². The number of sulfonamides is 1. The molecule has 0 aromatic heterocycles. The molecule has 0 bridgehead atoms. The highest BCUT2D eigenvalue weighted by Crippen LogP contribution is 2.21. The highest BCUT2D eigenvalue weighted by Gasteiger charge is 2.23. The van der Waals surface area contributed by atoms with E-state index in [4.69, 9.17) is 0 Å². The van der Waals surface area contributed by atoms with Gasteiger partial charge in [-0.05, 0) is 37.5 Å². The molecule has 1 amide bonds. The SMILES string of the molecule is CNC(=O)c1cc(S(=O)(=O)NC2CCCCC2)ccc1C. The fourth-order valence-electron chi connectivity index (χ4n) is 2.66. The number of carbonyl (C=O) groups is 1. The van der Waals surface area contributed by atoms with Crippen molar-refractivity contribution in [2.24, 2.45) is 0 Å². The summed E-state index contributed by atoms with van der Waals surface area (Å²) in [7, 11) is -2.04. The van der Waals surface area contributed by atoms with Gasteiger partial charge < -0.3 is 5.32 Å². The van der Waals surface area contributed by atoms with Crippen LogP contribution >= 0.6 is 0 Å². The minimum absolute atomic E-state index is 0.00787. The summed E-state index contributed by atoms with van der Waals surface area (Å²) < 4.78 is 27.6. The molecular formula is C15H22N2O3S. The van der Waals surface area contributed by atoms with Crippen molar-refractivity contribution in [3.05, 3.63) is 29.3 Å². The van der Waals surface area contributed by atoms with Crippen molar-refractivity contribution in [2.75, 3.05) is 7.05 Å². The van der Waals surface area contributed by atoms with Crippen LogP contribution in [0.3, 0.4) is 0 Å². The molecule has 2 rings (SSSR count). The number of benzene rings is 1. The Kier molecular flexibility index (Phi) is 5.00. The van der Waals surface area contributed by atoms with E-state index in [1.807, 2.05) is 0 Å². The van der Waals surface area contributed by atoms with Crippen molar-refractivity contribution in [1.29, 1.82) is 0 Å². The van der Waals surface area contributed by atoms with Crippen LogP contribution < -0.4 is 10.0 Å². The summed E-state index contributed by atoms with van der Waals surface area (Å²) in [5.74, 6) is -0.276. The molecule has 5 nitrogen and oxygen atoms in total. The van der Waals surface area contributed by atoms with E-state index in [1.54, 1.807) is 19.1 Å². The Balaban J connectivity index is 2.25. The van der Waals surface area contributed by atoms with Crippen LogP contribution in [0.25, 0.3) is 0 Å². The molecule has 0 radical (unpaired) electrons. The van der Waals surface area contributed by atoms with Gasteiger partial charge in [-0.15, -0.1) is 0 Å². The first kappa shape index (κ1) is 16.0. The predicted molar refractivity (Wildman–Crippen MR) is 81.8 cm³/mol. The monoisotopic (exact) mass is 310 g/mol. The van der Waals surface area contributed by atoms with Gasteiger partial charge >= 0.3 is 0 Å². The van der Waals surface area contributed by atoms with Gasteiger partial charge in [0, 0.05) is 18.7 Å². The zero-order chi connectivity index (χ0) is 15.5. The fraction of sp³-hybridized carbons (Fsp3) is 0.533. The van der Waals surface area contributed by atoms with Gasteiger partial charge in [-0.25, -0.2) is 13.1 Å². The Morgan fingerprint density at radius 2 is 1.86 bits per heavy atom. The molecule has 6 heteroatoms. The van der Waals surface area contributed by atoms with Gasteiger partial charge in [-0.2, -0.15) is 0 Å². The second-order valence-electron chi connectivity index (χ2n) is 5.51. The number of aryl methyl sites for hydroxylation is 1. The molecule has 0 unspecified atom stereocenters. The van der Waals surface area contributed by atoms with Crippen LogP contribution in [0.5, 0.6) is 0 Å². The minimum Gasteiger partial charge on any atom is -0.355 e. The summed E-state index contributed by atoms with van der Waals surface area (Å²) >= 11 is 0. The molecule has 2 N–H and O–H groups in total. The molecule has 0 aliphatic heterocycles. The van der Waals surface area contributed by atoms with E-state index in [0.717, 1.165) is 31.2 Å². The van der Waals surface area contributed by atoms with Gasteiger partial charge in [0.15, 0.2) is 0 Å². The van der Waals surface area contributed by atoms with Crippen LogP contribution in [-0.2, 0) is 10.0 Å². The molecule has 1 aromatic carbocycles. The first-order valence-corrected chi connectivity index (χ1v) is 8.77. The maximum atomic E-state index is 12.4. The first-order chi connectivity index (χ1) is 9.94. The summed E-state index contributed by atoms with van der Waals surface area (Å²) in [4.78, 5) is 11.9. The third kappa shape index (κ3) is 3.83. The lowest BCUT2D eigenvalue weighted by Crippen LogP contribution is -2.36. The number of hydrogen-bond acceptors (Lipinski definition) is 3. The third-order valence-corrected chi connectivity index (χ3v) is 5.44. The van der Waals surface area contributed by atoms with Crippen molar-refractivity contribution in [1.82, 2.24) is 10.0 Å². The lowest BCUT2D eigenvalue weighted by Gasteiger charge is -2.22. The molecule has 1 aliphatic rings. The molecule has 1 saturated carbocycles. The summed E-state index contributed by atoms with van der Waals surface area (Å²) in [6.07, 6.45) is 5.06. The van der Waals surface area contributed by atoms with Gasteiger partial charge in [0.25, 0.3) is 5.91 Å². The summed E-state index contributed by atoms with van der Waals surface area (Å²) in [5.41, 5.74) is 1.15. The van der Waals surface area contributed by atoms with Gasteiger partial charge in [0.05, 0.1) is 4.90 Å². The summed E-state index contributed by atoms with van der Waals surface area (Å²) in [6.45, 7) is 1.79. The Labute approximate surface area is 126 Å². The molecule has 116 valence electrons. The van der Waals surface area contributed by atoms with Crippen LogP contribution in [0, 0.1) is 6.92 Å². The highest BCUT2D eigenvalue weighted by atomic mass is 32.2. The van der Waals surface area contributed by atoms with Crippen LogP contribution in [-0.4, -0.2) is 27.4 Å². The van der Waals surface area contributed by atoms with Crippen LogP contribution in [0.15, 0.2) is 23.1 Å². The molecule has 0 heterocycles. The van der Waals surface area contributed by atoms with E-state index in [-0.39, 0.29) is 16.8 Å². The standard InChI is InChI=1S/C15H22N2O3S/c1-11-8-9-13(10-14(11)15(18)16-2)21(19,20)17-12-6-4-3-5-7-12/h8-10,12,17H,3-7H2,1-2H3,(H,16,18). The van der Waals surface area contributed by atoms with Gasteiger partial charge in [0.1, 0.15) is 0 Å². The number of carbonyl (C=O) groups excluding carboxylic acids is 1. The zero-order valence-electron chi connectivity index (χ0n) is 12.5. The van der Waals surface area contributed by atoms with E-state index in [0.29, 0.717) is 5.56 Å². The van der Waals surface area contributed by atoms with Crippen molar-refractivity contribution in [2.45, 2.75) is 50.0 Å². The average Bonchev–Trinajstić information content (AvgIpc) is 2.47.